The molecule has 9 heteroatoms. The van der Waals surface area contributed by atoms with Gasteiger partial charge in [0.25, 0.3) is 5.91 Å². The number of nitrogens with zero attached hydrogens (tertiary/aromatic N) is 4. The van der Waals surface area contributed by atoms with Gasteiger partial charge in [-0.15, -0.1) is 0 Å². The molecule has 3 heterocycles. The summed E-state index contributed by atoms with van der Waals surface area (Å²) in [5.74, 6) is -0.606. The van der Waals surface area contributed by atoms with Crippen LogP contribution >= 0.6 is 0 Å². The Morgan fingerprint density at radius 2 is 1.78 bits per heavy atom. The van der Waals surface area contributed by atoms with Crippen LogP contribution in [0.15, 0.2) is 78.1 Å². The van der Waals surface area contributed by atoms with Gasteiger partial charge in [-0.2, -0.15) is 0 Å². The highest BCUT2D eigenvalue weighted by Gasteiger charge is 2.24. The van der Waals surface area contributed by atoms with Crippen LogP contribution in [0.3, 0.4) is 0 Å². The molecule has 37 heavy (non-hydrogen) atoms. The van der Waals surface area contributed by atoms with Crippen LogP contribution in [-0.2, 0) is 22.1 Å². The highest BCUT2D eigenvalue weighted by molar-refractivity contribution is 7.90. The van der Waals surface area contributed by atoms with Gasteiger partial charge in [-0.25, -0.2) is 12.8 Å². The van der Waals surface area contributed by atoms with E-state index in [1.807, 2.05) is 19.1 Å². The van der Waals surface area contributed by atoms with Crippen LogP contribution in [0, 0.1) is 12.7 Å². The Morgan fingerprint density at radius 3 is 2.54 bits per heavy atom. The van der Waals surface area contributed by atoms with Crippen LogP contribution in [0.1, 0.15) is 27.0 Å². The van der Waals surface area contributed by atoms with Gasteiger partial charge < -0.3 is 4.90 Å². The van der Waals surface area contributed by atoms with E-state index < -0.39 is 9.84 Å². The number of carbonyl (C=O) groups is 1. The molecule has 7 nitrogen and oxygen atoms in total. The third kappa shape index (κ3) is 5.52. The second-order valence-electron chi connectivity index (χ2n) is 9.31. The number of hydrogen-bond acceptors (Lipinski definition) is 6. The van der Waals surface area contributed by atoms with Crippen molar-refractivity contribution >= 4 is 26.6 Å². The molecular weight excluding hydrogens is 491 g/mol. The highest BCUT2D eigenvalue weighted by Crippen LogP contribution is 2.26. The molecule has 5 rings (SSSR count). The summed E-state index contributed by atoms with van der Waals surface area (Å²) in [6.45, 7) is 4.89. The summed E-state index contributed by atoms with van der Waals surface area (Å²) in [6.07, 6.45) is 4.43. The maximum atomic E-state index is 13.4. The largest absolute Gasteiger partial charge is 0.336 e. The van der Waals surface area contributed by atoms with Crippen molar-refractivity contribution in [1.82, 2.24) is 19.8 Å². The van der Waals surface area contributed by atoms with E-state index in [-0.39, 0.29) is 22.4 Å². The lowest BCUT2D eigenvalue weighted by Gasteiger charge is -2.34. The van der Waals surface area contributed by atoms with Gasteiger partial charge in [-0.3, -0.25) is 19.7 Å². The molecule has 0 saturated carbocycles. The number of fused-ring (bicyclic) bond motifs is 1. The minimum absolute atomic E-state index is 0.0807. The first-order valence-corrected chi connectivity index (χ1v) is 13.7. The van der Waals surface area contributed by atoms with Crippen molar-refractivity contribution in [1.29, 1.82) is 0 Å². The van der Waals surface area contributed by atoms with E-state index in [0.29, 0.717) is 49.4 Å². The molecule has 1 fully saturated rings. The van der Waals surface area contributed by atoms with Gasteiger partial charge >= 0.3 is 0 Å². The molecule has 0 bridgehead atoms. The lowest BCUT2D eigenvalue weighted by atomic mass is 10.1. The lowest BCUT2D eigenvalue weighted by molar-refractivity contribution is 0.0628. The molecule has 2 aromatic heterocycles. The van der Waals surface area contributed by atoms with E-state index in [9.17, 15) is 17.6 Å². The Hall–Kier alpha value is -3.69. The van der Waals surface area contributed by atoms with Crippen molar-refractivity contribution in [3.8, 4) is 0 Å². The number of pyridine rings is 2. The summed E-state index contributed by atoms with van der Waals surface area (Å²) in [7, 11) is -3.64. The molecule has 0 atom stereocenters. The highest BCUT2D eigenvalue weighted by atomic mass is 32.2. The standard InChI is InChI=1S/C28H27FN4O3S/c1-20-14-23(28(34)33-12-10-32(11-13-33)18-21-15-25(29)17-30-16-21)7-8-24(20)19-37(35,36)26-6-2-4-22-5-3-9-31-27(22)26/h2-9,14-17H,10-13,18-19H2,1H3. The number of rotatable bonds is 6. The fourth-order valence-electron chi connectivity index (χ4n) is 4.69. The predicted molar refractivity (Wildman–Crippen MR) is 139 cm³/mol. The van der Waals surface area contributed by atoms with Crippen molar-refractivity contribution in [2.45, 2.75) is 24.1 Å². The number of benzene rings is 2. The quantitative estimate of drug-likeness (QED) is 0.384. The second kappa shape index (κ2) is 10.4. The molecule has 1 aliphatic heterocycles. The molecule has 1 aliphatic rings. The molecule has 2 aromatic carbocycles. The van der Waals surface area contributed by atoms with Crippen molar-refractivity contribution in [2.75, 3.05) is 26.2 Å². The maximum absolute atomic E-state index is 13.4. The molecule has 0 spiro atoms. The van der Waals surface area contributed by atoms with Gasteiger partial charge in [0.15, 0.2) is 9.84 Å². The smallest absolute Gasteiger partial charge is 0.253 e. The van der Waals surface area contributed by atoms with E-state index in [2.05, 4.69) is 14.9 Å². The number of halogens is 1. The monoisotopic (exact) mass is 518 g/mol. The van der Waals surface area contributed by atoms with Crippen LogP contribution in [-0.4, -0.2) is 60.3 Å². The van der Waals surface area contributed by atoms with Gasteiger partial charge in [0.05, 0.1) is 22.4 Å². The average molecular weight is 519 g/mol. The zero-order valence-electron chi connectivity index (χ0n) is 20.5. The van der Waals surface area contributed by atoms with Crippen LogP contribution < -0.4 is 0 Å². The summed E-state index contributed by atoms with van der Waals surface area (Å²) in [5.41, 5.74) is 3.20. The third-order valence-electron chi connectivity index (χ3n) is 6.69. The Labute approximate surface area is 215 Å². The van der Waals surface area contributed by atoms with Gasteiger partial charge in [-0.05, 0) is 53.9 Å². The molecule has 4 aromatic rings. The van der Waals surface area contributed by atoms with Crippen LogP contribution in [0.4, 0.5) is 4.39 Å². The Balaban J connectivity index is 1.25. The van der Waals surface area contributed by atoms with Crippen molar-refractivity contribution in [2.24, 2.45) is 0 Å². The fourth-order valence-corrected chi connectivity index (χ4v) is 6.33. The SMILES string of the molecule is Cc1cc(C(=O)N2CCN(Cc3cncc(F)c3)CC2)ccc1CS(=O)(=O)c1cccc2cccnc12. The maximum Gasteiger partial charge on any atom is 0.253 e. The van der Waals surface area contributed by atoms with Gasteiger partial charge in [0, 0.05) is 56.1 Å². The van der Waals surface area contributed by atoms with Crippen molar-refractivity contribution in [3.63, 3.8) is 0 Å². The molecule has 0 unspecified atom stereocenters. The molecule has 190 valence electrons. The topological polar surface area (TPSA) is 83.5 Å². The number of amides is 1. The molecule has 0 N–H and O–H groups in total. The van der Waals surface area contributed by atoms with Gasteiger partial charge in [-0.1, -0.05) is 24.3 Å². The fraction of sp³-hybridized carbons (Fsp3) is 0.250. The molecule has 0 aliphatic carbocycles. The van der Waals surface area contributed by atoms with Gasteiger partial charge in [0.2, 0.25) is 0 Å². The summed E-state index contributed by atoms with van der Waals surface area (Å²) in [4.78, 5) is 25.5. The van der Waals surface area contributed by atoms with E-state index in [4.69, 9.17) is 0 Å². The molecule has 0 radical (unpaired) electrons. The Morgan fingerprint density at radius 1 is 1.00 bits per heavy atom. The molecule has 1 saturated heterocycles. The van der Waals surface area contributed by atoms with E-state index in [0.717, 1.165) is 16.5 Å². The minimum atomic E-state index is -3.64. The van der Waals surface area contributed by atoms with Crippen molar-refractivity contribution < 1.29 is 17.6 Å². The first-order valence-electron chi connectivity index (χ1n) is 12.1. The number of carbonyl (C=O) groups excluding carboxylic acids is 1. The van der Waals surface area contributed by atoms with Crippen molar-refractivity contribution in [3.05, 3.63) is 101 Å². The number of aryl methyl sites for hydroxylation is 1. The minimum Gasteiger partial charge on any atom is -0.336 e. The van der Waals surface area contributed by atoms with Crippen LogP contribution in [0.2, 0.25) is 0 Å². The number of para-hydroxylation sites is 1. The first kappa shape index (κ1) is 25.0. The number of hydrogen-bond donors (Lipinski definition) is 0. The van der Waals surface area contributed by atoms with Crippen LogP contribution in [0.5, 0.6) is 0 Å². The first-order chi connectivity index (χ1) is 17.8. The Bertz CT molecular complexity index is 1560. The number of sulfone groups is 1. The normalized spacial score (nSPS) is 14.7. The summed E-state index contributed by atoms with van der Waals surface area (Å²) >= 11 is 0. The Kier molecular flexibility index (Phi) is 6.99. The van der Waals surface area contributed by atoms with Crippen LogP contribution in [0.25, 0.3) is 10.9 Å². The van der Waals surface area contributed by atoms with E-state index in [1.165, 1.54) is 12.3 Å². The summed E-state index contributed by atoms with van der Waals surface area (Å²) < 4.78 is 39.9. The van der Waals surface area contributed by atoms with Gasteiger partial charge in [0.1, 0.15) is 5.82 Å². The second-order valence-corrected chi connectivity index (χ2v) is 11.3. The summed E-state index contributed by atoms with van der Waals surface area (Å²) in [6, 6.07) is 15.4. The van der Waals surface area contributed by atoms with E-state index in [1.54, 1.807) is 53.7 Å². The number of aromatic nitrogens is 2. The zero-order valence-corrected chi connectivity index (χ0v) is 21.3. The predicted octanol–water partition coefficient (Wildman–Crippen LogP) is 4.01. The van der Waals surface area contributed by atoms with E-state index >= 15 is 0 Å². The third-order valence-corrected chi connectivity index (χ3v) is 8.38. The molecule has 1 amide bonds. The molecular formula is C28H27FN4O3S. The number of piperazine rings is 1. The average Bonchev–Trinajstić information content (AvgIpc) is 2.89. The lowest BCUT2D eigenvalue weighted by Crippen LogP contribution is -2.48. The zero-order chi connectivity index (χ0) is 26.0. The summed E-state index contributed by atoms with van der Waals surface area (Å²) in [5, 5.41) is 0.772.